The average Bonchev–Trinajstić information content (AvgIpc) is 2.41. The van der Waals surface area contributed by atoms with Crippen LogP contribution in [-0.4, -0.2) is 4.83 Å². The highest BCUT2D eigenvalue weighted by molar-refractivity contribution is 9.09. The normalized spacial score (nSPS) is 37.7. The van der Waals surface area contributed by atoms with Gasteiger partial charge < -0.3 is 0 Å². The first-order valence-corrected chi connectivity index (χ1v) is 9.35. The first kappa shape index (κ1) is 14.9. The monoisotopic (exact) mass is 314 g/mol. The Morgan fingerprint density at radius 3 is 1.89 bits per heavy atom. The lowest BCUT2D eigenvalue weighted by molar-refractivity contribution is 0.164. The van der Waals surface area contributed by atoms with E-state index in [4.69, 9.17) is 0 Å². The van der Waals surface area contributed by atoms with Gasteiger partial charge in [-0.1, -0.05) is 61.4 Å². The van der Waals surface area contributed by atoms with E-state index in [0.29, 0.717) is 0 Å². The summed E-state index contributed by atoms with van der Waals surface area (Å²) in [6.45, 7) is 2.32. The summed E-state index contributed by atoms with van der Waals surface area (Å²) in [4.78, 5) is 0.833. The van der Waals surface area contributed by atoms with Gasteiger partial charge >= 0.3 is 0 Å². The van der Waals surface area contributed by atoms with Crippen molar-refractivity contribution in [3.05, 3.63) is 0 Å². The predicted molar refractivity (Wildman–Crippen MR) is 84.3 cm³/mol. The Balaban J connectivity index is 1.63. The molecule has 2 saturated carbocycles. The fourth-order valence-corrected chi connectivity index (χ4v) is 4.71. The fourth-order valence-electron chi connectivity index (χ4n) is 4.18. The smallest absolute Gasteiger partial charge is 0.0146 e. The molecule has 0 spiro atoms. The Bertz CT molecular complexity index is 210. The van der Waals surface area contributed by atoms with Crippen LogP contribution < -0.4 is 0 Å². The number of unbranched alkanes of at least 4 members (excludes halogenated alkanes) is 2. The first-order chi connectivity index (χ1) is 8.79. The van der Waals surface area contributed by atoms with Gasteiger partial charge in [-0.25, -0.2) is 0 Å². The molecule has 0 N–H and O–H groups in total. The van der Waals surface area contributed by atoms with Crippen molar-refractivity contribution in [2.45, 2.75) is 88.8 Å². The van der Waals surface area contributed by atoms with E-state index in [1.807, 2.05) is 0 Å². The molecule has 2 rings (SSSR count). The zero-order valence-electron chi connectivity index (χ0n) is 12.2. The molecule has 18 heavy (non-hydrogen) atoms. The standard InChI is InChI=1S/C17H31Br/c1-2-3-4-5-14-6-8-15(9-7-14)16-10-12-17(18)13-11-16/h14-17H,2-13H2,1H3/t14-,15-,16-,17-. The molecule has 0 aromatic carbocycles. The number of halogens is 1. The van der Waals surface area contributed by atoms with Crippen molar-refractivity contribution in [2.75, 3.05) is 0 Å². The minimum Gasteiger partial charge on any atom is -0.0891 e. The van der Waals surface area contributed by atoms with Crippen LogP contribution in [0.4, 0.5) is 0 Å². The van der Waals surface area contributed by atoms with Gasteiger partial charge in [0.1, 0.15) is 0 Å². The minimum absolute atomic E-state index is 0.833. The maximum absolute atomic E-state index is 3.78. The van der Waals surface area contributed by atoms with E-state index in [1.165, 1.54) is 51.4 Å². The molecular formula is C17H31Br. The summed E-state index contributed by atoms with van der Waals surface area (Å²) >= 11 is 3.78. The maximum atomic E-state index is 3.78. The van der Waals surface area contributed by atoms with Crippen LogP contribution in [0, 0.1) is 17.8 Å². The third-order valence-corrected chi connectivity index (χ3v) is 6.39. The van der Waals surface area contributed by atoms with E-state index in [0.717, 1.165) is 22.6 Å². The van der Waals surface area contributed by atoms with E-state index in [2.05, 4.69) is 22.9 Å². The Morgan fingerprint density at radius 1 is 0.778 bits per heavy atom. The molecule has 0 aromatic heterocycles. The lowest BCUT2D eigenvalue weighted by Gasteiger charge is -2.37. The Hall–Kier alpha value is 0.480. The summed E-state index contributed by atoms with van der Waals surface area (Å²) in [7, 11) is 0. The summed E-state index contributed by atoms with van der Waals surface area (Å²) in [6.07, 6.45) is 17.9. The SMILES string of the molecule is CCCCC[C@H]1CC[C@H]([C@H]2CC[C@H](Br)CC2)CC1. The molecule has 1 heteroatoms. The second kappa shape index (κ2) is 7.92. The van der Waals surface area contributed by atoms with Crippen LogP contribution in [0.1, 0.15) is 84.0 Å². The summed E-state index contributed by atoms with van der Waals surface area (Å²) < 4.78 is 0. The van der Waals surface area contributed by atoms with Crippen LogP contribution in [0.3, 0.4) is 0 Å². The van der Waals surface area contributed by atoms with Gasteiger partial charge in [0.05, 0.1) is 0 Å². The average molecular weight is 315 g/mol. The molecule has 106 valence electrons. The molecule has 0 amide bonds. The zero-order chi connectivity index (χ0) is 12.8. The molecule has 0 atom stereocenters. The first-order valence-electron chi connectivity index (χ1n) is 8.43. The van der Waals surface area contributed by atoms with Crippen LogP contribution in [0.25, 0.3) is 0 Å². The van der Waals surface area contributed by atoms with Gasteiger partial charge in [0.15, 0.2) is 0 Å². The molecule has 0 aliphatic heterocycles. The summed E-state index contributed by atoms with van der Waals surface area (Å²) in [5.74, 6) is 3.25. The van der Waals surface area contributed by atoms with Crippen molar-refractivity contribution in [3.8, 4) is 0 Å². The molecule has 0 bridgehead atoms. The van der Waals surface area contributed by atoms with Crippen molar-refractivity contribution < 1.29 is 0 Å². The van der Waals surface area contributed by atoms with Crippen LogP contribution in [0.2, 0.25) is 0 Å². The molecule has 0 radical (unpaired) electrons. The molecule has 0 saturated heterocycles. The van der Waals surface area contributed by atoms with E-state index in [-0.39, 0.29) is 0 Å². The van der Waals surface area contributed by atoms with Gasteiger partial charge in [0, 0.05) is 4.83 Å². The van der Waals surface area contributed by atoms with Crippen molar-refractivity contribution in [1.82, 2.24) is 0 Å². The van der Waals surface area contributed by atoms with Gasteiger partial charge in [0.2, 0.25) is 0 Å². The highest BCUT2D eigenvalue weighted by Crippen LogP contribution is 2.42. The maximum Gasteiger partial charge on any atom is 0.0146 e. The van der Waals surface area contributed by atoms with Crippen molar-refractivity contribution in [2.24, 2.45) is 17.8 Å². The van der Waals surface area contributed by atoms with E-state index in [1.54, 1.807) is 25.7 Å². The number of alkyl halides is 1. The Morgan fingerprint density at radius 2 is 1.33 bits per heavy atom. The molecule has 2 fully saturated rings. The number of hydrogen-bond acceptors (Lipinski definition) is 0. The highest BCUT2D eigenvalue weighted by Gasteiger charge is 2.29. The highest BCUT2D eigenvalue weighted by atomic mass is 79.9. The minimum atomic E-state index is 0.833. The predicted octanol–water partition coefficient (Wildman–Crippen LogP) is 6.33. The second-order valence-electron chi connectivity index (χ2n) is 6.79. The van der Waals surface area contributed by atoms with Crippen LogP contribution >= 0.6 is 15.9 Å². The molecular weight excluding hydrogens is 284 g/mol. The van der Waals surface area contributed by atoms with Gasteiger partial charge in [-0.2, -0.15) is 0 Å². The van der Waals surface area contributed by atoms with Crippen LogP contribution in [0.15, 0.2) is 0 Å². The number of hydrogen-bond donors (Lipinski definition) is 0. The van der Waals surface area contributed by atoms with Gasteiger partial charge in [-0.05, 0) is 56.3 Å². The van der Waals surface area contributed by atoms with E-state index >= 15 is 0 Å². The summed E-state index contributed by atoms with van der Waals surface area (Å²) in [6, 6.07) is 0. The second-order valence-corrected chi connectivity index (χ2v) is 8.08. The van der Waals surface area contributed by atoms with Gasteiger partial charge in [-0.15, -0.1) is 0 Å². The number of rotatable bonds is 5. The van der Waals surface area contributed by atoms with Crippen molar-refractivity contribution >= 4 is 15.9 Å². The Kier molecular flexibility index (Phi) is 6.55. The van der Waals surface area contributed by atoms with Crippen molar-refractivity contribution in [3.63, 3.8) is 0 Å². The molecule has 0 aromatic rings. The topological polar surface area (TPSA) is 0 Å². The molecule has 0 unspecified atom stereocenters. The fraction of sp³-hybridized carbons (Fsp3) is 1.00. The zero-order valence-corrected chi connectivity index (χ0v) is 13.8. The largest absolute Gasteiger partial charge is 0.0891 e. The summed E-state index contributed by atoms with van der Waals surface area (Å²) in [5, 5.41) is 0. The van der Waals surface area contributed by atoms with E-state index in [9.17, 15) is 0 Å². The van der Waals surface area contributed by atoms with E-state index < -0.39 is 0 Å². The van der Waals surface area contributed by atoms with Crippen molar-refractivity contribution in [1.29, 1.82) is 0 Å². The molecule has 2 aliphatic carbocycles. The van der Waals surface area contributed by atoms with Crippen LogP contribution in [-0.2, 0) is 0 Å². The van der Waals surface area contributed by atoms with Gasteiger partial charge in [-0.3, -0.25) is 0 Å². The summed E-state index contributed by atoms with van der Waals surface area (Å²) in [5.41, 5.74) is 0. The molecule has 2 aliphatic rings. The third-order valence-electron chi connectivity index (χ3n) is 5.48. The molecule has 0 heterocycles. The molecule has 0 nitrogen and oxygen atoms in total. The third kappa shape index (κ3) is 4.54. The van der Waals surface area contributed by atoms with Gasteiger partial charge in [0.25, 0.3) is 0 Å². The quantitative estimate of drug-likeness (QED) is 0.411. The lowest BCUT2D eigenvalue weighted by Crippen LogP contribution is -2.25. The Labute approximate surface area is 122 Å². The van der Waals surface area contributed by atoms with Crippen LogP contribution in [0.5, 0.6) is 0 Å². The lowest BCUT2D eigenvalue weighted by atomic mass is 9.70.